The minimum atomic E-state index is -4.44. The van der Waals surface area contributed by atoms with E-state index in [0.29, 0.717) is 25.5 Å². The number of aliphatic hydroxyl groups is 1. The first-order valence-corrected chi connectivity index (χ1v) is 8.07. The van der Waals surface area contributed by atoms with Crippen LogP contribution >= 0.6 is 11.6 Å². The predicted octanol–water partition coefficient (Wildman–Crippen LogP) is 3.04. The van der Waals surface area contributed by atoms with E-state index in [4.69, 9.17) is 11.6 Å². The molecule has 4 nitrogen and oxygen atoms in total. The van der Waals surface area contributed by atoms with E-state index < -0.39 is 11.7 Å². The third kappa shape index (κ3) is 4.96. The molecule has 0 spiro atoms. The summed E-state index contributed by atoms with van der Waals surface area (Å²) in [7, 11) is 0. The standard InChI is InChI=1S/C15H21ClF3N3O/c1-2-3-12(23)10-21-4-6-22(7-5-21)14-13(16)8-11(9-20-14)15(17,18)19/h8-9,12,23H,2-7,10H2,1H3. The fourth-order valence-electron chi connectivity index (χ4n) is 2.68. The van der Waals surface area contributed by atoms with Gasteiger partial charge in [-0.3, -0.25) is 4.90 Å². The van der Waals surface area contributed by atoms with Gasteiger partial charge in [0.05, 0.1) is 16.7 Å². The number of rotatable bonds is 5. The number of anilines is 1. The first-order valence-electron chi connectivity index (χ1n) is 7.69. The van der Waals surface area contributed by atoms with Gasteiger partial charge in [0.2, 0.25) is 0 Å². The average molecular weight is 352 g/mol. The van der Waals surface area contributed by atoms with Crippen molar-refractivity contribution in [3.05, 3.63) is 22.8 Å². The molecule has 1 atom stereocenters. The topological polar surface area (TPSA) is 39.6 Å². The van der Waals surface area contributed by atoms with E-state index in [1.165, 1.54) is 0 Å². The molecule has 0 bridgehead atoms. The summed E-state index contributed by atoms with van der Waals surface area (Å²) in [6.45, 7) is 5.34. The molecule has 0 saturated carbocycles. The summed E-state index contributed by atoms with van der Waals surface area (Å²) in [6.07, 6.45) is -2.25. The van der Waals surface area contributed by atoms with E-state index in [2.05, 4.69) is 9.88 Å². The van der Waals surface area contributed by atoms with Crippen LogP contribution in [0.1, 0.15) is 25.3 Å². The average Bonchev–Trinajstić information content (AvgIpc) is 2.47. The van der Waals surface area contributed by atoms with Crippen LogP contribution in [0.25, 0.3) is 0 Å². The molecule has 130 valence electrons. The van der Waals surface area contributed by atoms with Gasteiger partial charge in [0.25, 0.3) is 0 Å². The number of alkyl halides is 3. The molecule has 8 heteroatoms. The number of aromatic nitrogens is 1. The van der Waals surface area contributed by atoms with Gasteiger partial charge < -0.3 is 10.0 Å². The van der Waals surface area contributed by atoms with Gasteiger partial charge in [-0.15, -0.1) is 0 Å². The lowest BCUT2D eigenvalue weighted by Gasteiger charge is -2.36. The molecule has 1 aliphatic heterocycles. The first kappa shape index (κ1) is 18.3. The van der Waals surface area contributed by atoms with Crippen molar-refractivity contribution in [3.63, 3.8) is 0 Å². The molecular weight excluding hydrogens is 331 g/mol. The van der Waals surface area contributed by atoms with Gasteiger partial charge in [0.15, 0.2) is 0 Å². The lowest BCUT2D eigenvalue weighted by molar-refractivity contribution is -0.137. The Kier molecular flexibility index (Phi) is 6.11. The monoisotopic (exact) mass is 351 g/mol. The highest BCUT2D eigenvalue weighted by atomic mass is 35.5. The van der Waals surface area contributed by atoms with Crippen molar-refractivity contribution in [2.45, 2.75) is 32.0 Å². The summed E-state index contributed by atoms with van der Waals surface area (Å²) in [4.78, 5) is 7.92. The van der Waals surface area contributed by atoms with Gasteiger partial charge in [0, 0.05) is 38.9 Å². The van der Waals surface area contributed by atoms with Crippen LogP contribution in [-0.2, 0) is 6.18 Å². The Balaban J connectivity index is 1.95. The maximum atomic E-state index is 12.6. The van der Waals surface area contributed by atoms with Crippen molar-refractivity contribution >= 4 is 17.4 Å². The molecule has 0 aliphatic carbocycles. The molecule has 1 unspecified atom stereocenters. The number of hydrogen-bond acceptors (Lipinski definition) is 4. The first-order chi connectivity index (χ1) is 10.8. The summed E-state index contributed by atoms with van der Waals surface area (Å²) in [5.74, 6) is 0.383. The minimum absolute atomic E-state index is 0.0132. The molecule has 2 heterocycles. The lowest BCUT2D eigenvalue weighted by Crippen LogP contribution is -2.48. The van der Waals surface area contributed by atoms with E-state index in [1.54, 1.807) is 0 Å². The summed E-state index contributed by atoms with van der Waals surface area (Å²) < 4.78 is 37.9. The molecule has 1 fully saturated rings. The minimum Gasteiger partial charge on any atom is -0.392 e. The van der Waals surface area contributed by atoms with E-state index in [0.717, 1.165) is 38.2 Å². The van der Waals surface area contributed by atoms with Gasteiger partial charge in [-0.05, 0) is 12.5 Å². The van der Waals surface area contributed by atoms with E-state index in [9.17, 15) is 18.3 Å². The van der Waals surface area contributed by atoms with Crippen LogP contribution in [0.3, 0.4) is 0 Å². The SMILES string of the molecule is CCCC(O)CN1CCN(c2ncc(C(F)(F)F)cc2Cl)CC1. The highest BCUT2D eigenvalue weighted by Crippen LogP contribution is 2.33. The maximum absolute atomic E-state index is 12.6. The van der Waals surface area contributed by atoms with E-state index in [-0.39, 0.29) is 11.1 Å². The van der Waals surface area contributed by atoms with Crippen LogP contribution in [0.15, 0.2) is 12.3 Å². The van der Waals surface area contributed by atoms with Crippen LogP contribution < -0.4 is 4.90 Å². The fraction of sp³-hybridized carbons (Fsp3) is 0.667. The van der Waals surface area contributed by atoms with Crippen LogP contribution in [-0.4, -0.2) is 53.8 Å². The third-order valence-electron chi connectivity index (χ3n) is 3.91. The van der Waals surface area contributed by atoms with Crippen LogP contribution in [0, 0.1) is 0 Å². The Hall–Kier alpha value is -1.05. The van der Waals surface area contributed by atoms with Gasteiger partial charge in [-0.2, -0.15) is 13.2 Å². The van der Waals surface area contributed by atoms with Crippen molar-refractivity contribution in [2.75, 3.05) is 37.6 Å². The Labute approximate surface area is 138 Å². The Morgan fingerprint density at radius 3 is 2.48 bits per heavy atom. The number of hydrogen-bond donors (Lipinski definition) is 1. The molecular formula is C15H21ClF3N3O. The highest BCUT2D eigenvalue weighted by Gasteiger charge is 2.32. The molecule has 0 amide bonds. The number of nitrogens with zero attached hydrogens (tertiary/aromatic N) is 3. The Morgan fingerprint density at radius 2 is 1.96 bits per heavy atom. The van der Waals surface area contributed by atoms with E-state index in [1.807, 2.05) is 11.8 Å². The molecule has 1 aromatic heterocycles. The third-order valence-corrected chi connectivity index (χ3v) is 4.19. The lowest BCUT2D eigenvalue weighted by atomic mass is 10.2. The van der Waals surface area contributed by atoms with Crippen LogP contribution in [0.2, 0.25) is 5.02 Å². The zero-order valence-corrected chi connectivity index (χ0v) is 13.7. The quantitative estimate of drug-likeness (QED) is 0.885. The maximum Gasteiger partial charge on any atom is 0.417 e. The molecule has 0 aromatic carbocycles. The van der Waals surface area contributed by atoms with Crippen molar-refractivity contribution < 1.29 is 18.3 Å². The van der Waals surface area contributed by atoms with Crippen LogP contribution in [0.5, 0.6) is 0 Å². The van der Waals surface area contributed by atoms with Crippen LogP contribution in [0.4, 0.5) is 19.0 Å². The summed E-state index contributed by atoms with van der Waals surface area (Å²) in [6, 6.07) is 0.918. The zero-order valence-electron chi connectivity index (χ0n) is 13.0. The number of piperazine rings is 1. The smallest absolute Gasteiger partial charge is 0.392 e. The van der Waals surface area contributed by atoms with Gasteiger partial charge in [-0.1, -0.05) is 24.9 Å². The molecule has 0 radical (unpaired) electrons. The highest BCUT2D eigenvalue weighted by molar-refractivity contribution is 6.33. The molecule has 1 aromatic rings. The summed E-state index contributed by atoms with van der Waals surface area (Å²) >= 11 is 5.97. The molecule has 1 aliphatic rings. The van der Waals surface area contributed by atoms with Crippen molar-refractivity contribution in [3.8, 4) is 0 Å². The van der Waals surface area contributed by atoms with Crippen molar-refractivity contribution in [1.29, 1.82) is 0 Å². The Morgan fingerprint density at radius 1 is 1.30 bits per heavy atom. The summed E-state index contributed by atoms with van der Waals surface area (Å²) in [5.41, 5.74) is -0.840. The fourth-order valence-corrected chi connectivity index (χ4v) is 2.97. The predicted molar refractivity (Wildman–Crippen MR) is 83.8 cm³/mol. The molecule has 23 heavy (non-hydrogen) atoms. The van der Waals surface area contributed by atoms with E-state index >= 15 is 0 Å². The second-order valence-electron chi connectivity index (χ2n) is 5.76. The second kappa shape index (κ2) is 7.68. The molecule has 1 saturated heterocycles. The largest absolute Gasteiger partial charge is 0.417 e. The zero-order chi connectivity index (χ0) is 17.0. The number of β-amino-alcohol motifs (C(OH)–C–C–N with tert-alkyl or cyclic N) is 1. The normalized spacial score (nSPS) is 18.3. The summed E-state index contributed by atoms with van der Waals surface area (Å²) in [5, 5.41) is 9.85. The number of aliphatic hydroxyl groups excluding tert-OH is 1. The second-order valence-corrected chi connectivity index (χ2v) is 6.16. The Bertz CT molecular complexity index is 519. The number of halogens is 4. The van der Waals surface area contributed by atoms with Crippen molar-refractivity contribution in [2.24, 2.45) is 0 Å². The number of pyridine rings is 1. The van der Waals surface area contributed by atoms with Gasteiger partial charge in [0.1, 0.15) is 5.82 Å². The molecule has 2 rings (SSSR count). The van der Waals surface area contributed by atoms with Crippen molar-refractivity contribution in [1.82, 2.24) is 9.88 Å². The van der Waals surface area contributed by atoms with Gasteiger partial charge in [-0.25, -0.2) is 4.98 Å². The van der Waals surface area contributed by atoms with Gasteiger partial charge >= 0.3 is 6.18 Å². The molecule has 1 N–H and O–H groups in total.